The summed E-state index contributed by atoms with van der Waals surface area (Å²) in [6, 6.07) is 8.95. The molecule has 0 spiro atoms. The Hall–Kier alpha value is -1.02. The van der Waals surface area contributed by atoms with Crippen molar-refractivity contribution >= 4 is 0 Å². The monoisotopic (exact) mass is 235 g/mol. The van der Waals surface area contributed by atoms with E-state index in [0.29, 0.717) is 6.04 Å². The first kappa shape index (κ1) is 14.0. The van der Waals surface area contributed by atoms with Gasteiger partial charge < -0.3 is 10.1 Å². The van der Waals surface area contributed by atoms with Crippen molar-refractivity contribution in [3.8, 4) is 5.75 Å². The maximum absolute atomic E-state index is 5.73. The van der Waals surface area contributed by atoms with Crippen LogP contribution in [0.3, 0.4) is 0 Å². The van der Waals surface area contributed by atoms with Gasteiger partial charge in [-0.25, -0.2) is 0 Å². The molecule has 0 saturated heterocycles. The number of aryl methyl sites for hydroxylation is 1. The van der Waals surface area contributed by atoms with Crippen molar-refractivity contribution in [2.75, 3.05) is 13.2 Å². The van der Waals surface area contributed by atoms with E-state index >= 15 is 0 Å². The van der Waals surface area contributed by atoms with Gasteiger partial charge in [0.05, 0.1) is 6.61 Å². The summed E-state index contributed by atoms with van der Waals surface area (Å²) in [4.78, 5) is 0. The van der Waals surface area contributed by atoms with Crippen LogP contribution < -0.4 is 10.1 Å². The summed E-state index contributed by atoms with van der Waals surface area (Å²) in [5, 5.41) is 3.41. The highest BCUT2D eigenvalue weighted by atomic mass is 16.5. The van der Waals surface area contributed by atoms with Crippen LogP contribution in [0, 0.1) is 0 Å². The van der Waals surface area contributed by atoms with Gasteiger partial charge in [0.25, 0.3) is 0 Å². The highest BCUT2D eigenvalue weighted by Gasteiger charge is 1.96. The van der Waals surface area contributed by atoms with Crippen LogP contribution in [-0.4, -0.2) is 19.2 Å². The summed E-state index contributed by atoms with van der Waals surface area (Å²) in [6.07, 6.45) is 3.34. The van der Waals surface area contributed by atoms with Gasteiger partial charge in [0.1, 0.15) is 5.75 Å². The predicted octanol–water partition coefficient (Wildman–Crippen LogP) is 3.41. The molecule has 0 aliphatic rings. The molecule has 2 heteroatoms. The SMILES string of the molecule is CCc1cccc(OCCCCNC(C)C)c1. The molecule has 96 valence electrons. The van der Waals surface area contributed by atoms with Crippen molar-refractivity contribution in [3.63, 3.8) is 0 Å². The minimum Gasteiger partial charge on any atom is -0.494 e. The molecule has 0 radical (unpaired) electrons. The van der Waals surface area contributed by atoms with Gasteiger partial charge in [-0.05, 0) is 43.5 Å². The van der Waals surface area contributed by atoms with E-state index in [1.54, 1.807) is 0 Å². The van der Waals surface area contributed by atoms with Gasteiger partial charge in [-0.1, -0.05) is 32.9 Å². The summed E-state index contributed by atoms with van der Waals surface area (Å²) in [5.41, 5.74) is 1.34. The number of unbranched alkanes of at least 4 members (excludes halogenated alkanes) is 1. The van der Waals surface area contributed by atoms with E-state index in [4.69, 9.17) is 4.74 Å². The number of hydrogen-bond donors (Lipinski definition) is 1. The van der Waals surface area contributed by atoms with Gasteiger partial charge >= 0.3 is 0 Å². The van der Waals surface area contributed by atoms with E-state index in [-0.39, 0.29) is 0 Å². The molecule has 0 heterocycles. The molecule has 1 aromatic carbocycles. The zero-order chi connectivity index (χ0) is 12.5. The maximum Gasteiger partial charge on any atom is 0.119 e. The molecule has 1 aromatic rings. The molecular formula is C15H25NO. The van der Waals surface area contributed by atoms with Crippen molar-refractivity contribution in [2.24, 2.45) is 0 Å². The van der Waals surface area contributed by atoms with E-state index < -0.39 is 0 Å². The Morgan fingerprint density at radius 1 is 1.24 bits per heavy atom. The minimum absolute atomic E-state index is 0.581. The van der Waals surface area contributed by atoms with Crippen LogP contribution in [-0.2, 0) is 6.42 Å². The molecular weight excluding hydrogens is 210 g/mol. The van der Waals surface area contributed by atoms with Gasteiger partial charge in [-0.3, -0.25) is 0 Å². The fraction of sp³-hybridized carbons (Fsp3) is 0.600. The van der Waals surface area contributed by atoms with Gasteiger partial charge in [0.2, 0.25) is 0 Å². The number of ether oxygens (including phenoxy) is 1. The van der Waals surface area contributed by atoms with Crippen LogP contribution in [0.25, 0.3) is 0 Å². The van der Waals surface area contributed by atoms with Crippen LogP contribution in [0.5, 0.6) is 5.75 Å². The van der Waals surface area contributed by atoms with E-state index in [2.05, 4.69) is 44.3 Å². The van der Waals surface area contributed by atoms with Crippen molar-refractivity contribution < 1.29 is 4.74 Å². The Labute approximate surface area is 105 Å². The first-order chi connectivity index (χ1) is 8.22. The normalized spacial score (nSPS) is 10.8. The number of rotatable bonds is 8. The Morgan fingerprint density at radius 3 is 2.76 bits per heavy atom. The Balaban J connectivity index is 2.13. The third-order valence-electron chi connectivity index (χ3n) is 2.70. The van der Waals surface area contributed by atoms with E-state index in [1.165, 1.54) is 12.0 Å². The average Bonchev–Trinajstić information content (AvgIpc) is 2.33. The average molecular weight is 235 g/mol. The quantitative estimate of drug-likeness (QED) is 0.697. The minimum atomic E-state index is 0.581. The van der Waals surface area contributed by atoms with E-state index in [0.717, 1.165) is 31.7 Å². The Kier molecular flexibility index (Phi) is 6.71. The van der Waals surface area contributed by atoms with Crippen molar-refractivity contribution in [1.29, 1.82) is 0 Å². The largest absolute Gasteiger partial charge is 0.494 e. The van der Waals surface area contributed by atoms with Gasteiger partial charge in [0.15, 0.2) is 0 Å². The molecule has 0 aliphatic carbocycles. The molecule has 0 fully saturated rings. The summed E-state index contributed by atoms with van der Waals surface area (Å²) in [6.45, 7) is 8.40. The molecule has 17 heavy (non-hydrogen) atoms. The summed E-state index contributed by atoms with van der Waals surface area (Å²) >= 11 is 0. The second-order valence-corrected chi connectivity index (χ2v) is 4.67. The highest BCUT2D eigenvalue weighted by Crippen LogP contribution is 2.13. The highest BCUT2D eigenvalue weighted by molar-refractivity contribution is 5.28. The lowest BCUT2D eigenvalue weighted by molar-refractivity contribution is 0.305. The zero-order valence-electron chi connectivity index (χ0n) is 11.3. The molecule has 1 rings (SSSR count). The molecule has 0 unspecified atom stereocenters. The fourth-order valence-corrected chi connectivity index (χ4v) is 1.66. The van der Waals surface area contributed by atoms with Crippen LogP contribution in [0.4, 0.5) is 0 Å². The van der Waals surface area contributed by atoms with Gasteiger partial charge in [-0.15, -0.1) is 0 Å². The molecule has 0 aromatic heterocycles. The lowest BCUT2D eigenvalue weighted by Gasteiger charge is -2.09. The molecule has 1 N–H and O–H groups in total. The Bertz CT molecular complexity index is 310. The topological polar surface area (TPSA) is 21.3 Å². The summed E-state index contributed by atoms with van der Waals surface area (Å²) < 4.78 is 5.73. The van der Waals surface area contributed by atoms with Gasteiger partial charge in [-0.2, -0.15) is 0 Å². The van der Waals surface area contributed by atoms with Crippen LogP contribution in [0.1, 0.15) is 39.2 Å². The van der Waals surface area contributed by atoms with Crippen molar-refractivity contribution in [1.82, 2.24) is 5.32 Å². The molecule has 0 bridgehead atoms. The predicted molar refractivity (Wildman–Crippen MR) is 73.7 cm³/mol. The third kappa shape index (κ3) is 6.32. The summed E-state index contributed by atoms with van der Waals surface area (Å²) in [5.74, 6) is 1.00. The number of nitrogens with one attached hydrogen (secondary N) is 1. The second-order valence-electron chi connectivity index (χ2n) is 4.67. The zero-order valence-corrected chi connectivity index (χ0v) is 11.3. The Morgan fingerprint density at radius 2 is 2.06 bits per heavy atom. The second kappa shape index (κ2) is 8.13. The lowest BCUT2D eigenvalue weighted by atomic mass is 10.2. The number of benzene rings is 1. The van der Waals surface area contributed by atoms with Crippen molar-refractivity contribution in [2.45, 2.75) is 46.1 Å². The molecule has 0 atom stereocenters. The first-order valence-electron chi connectivity index (χ1n) is 6.67. The number of hydrogen-bond acceptors (Lipinski definition) is 2. The van der Waals surface area contributed by atoms with E-state index in [1.807, 2.05) is 6.07 Å². The van der Waals surface area contributed by atoms with Crippen LogP contribution in [0.2, 0.25) is 0 Å². The standard InChI is InChI=1S/C15H25NO/c1-4-14-8-7-9-15(12-14)17-11-6-5-10-16-13(2)3/h7-9,12-13,16H,4-6,10-11H2,1-3H3. The van der Waals surface area contributed by atoms with Crippen LogP contribution >= 0.6 is 0 Å². The smallest absolute Gasteiger partial charge is 0.119 e. The maximum atomic E-state index is 5.73. The third-order valence-corrected chi connectivity index (χ3v) is 2.70. The molecule has 0 aliphatic heterocycles. The molecule has 0 amide bonds. The first-order valence-corrected chi connectivity index (χ1v) is 6.67. The molecule has 0 saturated carbocycles. The van der Waals surface area contributed by atoms with Gasteiger partial charge in [0, 0.05) is 6.04 Å². The lowest BCUT2D eigenvalue weighted by Crippen LogP contribution is -2.23. The van der Waals surface area contributed by atoms with Crippen LogP contribution in [0.15, 0.2) is 24.3 Å². The fourth-order valence-electron chi connectivity index (χ4n) is 1.66. The van der Waals surface area contributed by atoms with E-state index in [9.17, 15) is 0 Å². The molecule has 2 nitrogen and oxygen atoms in total. The summed E-state index contributed by atoms with van der Waals surface area (Å²) in [7, 11) is 0. The van der Waals surface area contributed by atoms with Crippen molar-refractivity contribution in [3.05, 3.63) is 29.8 Å².